The van der Waals surface area contributed by atoms with Gasteiger partial charge in [0.1, 0.15) is 5.82 Å². The molecule has 1 aliphatic rings. The molecule has 2 rings (SSSR count). The molecule has 1 aromatic rings. The molecule has 0 radical (unpaired) electrons. The molecule has 0 aromatic carbocycles. The molecule has 70 valence electrons. The Morgan fingerprint density at radius 2 is 2.23 bits per heavy atom. The number of nitrogens with zero attached hydrogens (tertiary/aromatic N) is 2. The second kappa shape index (κ2) is 2.44. The average molecular weight is 178 g/mol. The van der Waals surface area contributed by atoms with Crippen LogP contribution in [0.25, 0.3) is 0 Å². The molecular formula is C10H14N2O. The molecule has 0 fully saturated rings. The third kappa shape index (κ3) is 1.39. The van der Waals surface area contributed by atoms with Crippen molar-refractivity contribution in [3.63, 3.8) is 0 Å². The second-order valence-electron chi connectivity index (χ2n) is 4.58. The second-order valence-corrected chi connectivity index (χ2v) is 4.58. The summed E-state index contributed by atoms with van der Waals surface area (Å²) in [6, 6.07) is 1.60. The van der Waals surface area contributed by atoms with Crippen LogP contribution in [0.2, 0.25) is 0 Å². The molecule has 0 amide bonds. The van der Waals surface area contributed by atoms with Gasteiger partial charge in [0.05, 0.1) is 0 Å². The highest BCUT2D eigenvalue weighted by Gasteiger charge is 2.29. The quantitative estimate of drug-likeness (QED) is 0.597. The van der Waals surface area contributed by atoms with Crippen LogP contribution >= 0.6 is 0 Å². The van der Waals surface area contributed by atoms with E-state index in [1.807, 2.05) is 6.92 Å². The molecule has 13 heavy (non-hydrogen) atoms. The van der Waals surface area contributed by atoms with Gasteiger partial charge in [-0.1, -0.05) is 13.8 Å². The summed E-state index contributed by atoms with van der Waals surface area (Å²) in [4.78, 5) is 15.9. The topological polar surface area (TPSA) is 34.9 Å². The molecule has 0 saturated heterocycles. The Balaban J connectivity index is 2.58. The molecule has 3 heteroatoms. The lowest BCUT2D eigenvalue weighted by Gasteiger charge is -2.13. The van der Waals surface area contributed by atoms with E-state index < -0.39 is 0 Å². The normalized spacial score (nSPS) is 18.7. The van der Waals surface area contributed by atoms with Crippen molar-refractivity contribution in [2.75, 3.05) is 0 Å². The Morgan fingerprint density at radius 1 is 1.54 bits per heavy atom. The Hall–Kier alpha value is -1.12. The Kier molecular flexibility index (Phi) is 1.59. The molecule has 2 heterocycles. The average Bonchev–Trinajstić information content (AvgIpc) is 2.23. The number of aromatic nitrogens is 2. The van der Waals surface area contributed by atoms with Crippen LogP contribution in [0.1, 0.15) is 25.4 Å². The van der Waals surface area contributed by atoms with Crippen LogP contribution in [0.5, 0.6) is 0 Å². The zero-order valence-electron chi connectivity index (χ0n) is 8.29. The van der Waals surface area contributed by atoms with Gasteiger partial charge in [-0.15, -0.1) is 0 Å². The minimum Gasteiger partial charge on any atom is -0.296 e. The van der Waals surface area contributed by atoms with Crippen LogP contribution in [0.4, 0.5) is 0 Å². The standard InChI is InChI=1S/C10H14N2O/c1-7-4-9(13)12-6-10(2,3)5-8(12)11-7/h4H,5-6H2,1-3H3. The van der Waals surface area contributed by atoms with E-state index in [0.29, 0.717) is 0 Å². The summed E-state index contributed by atoms with van der Waals surface area (Å²) in [5.41, 5.74) is 1.11. The summed E-state index contributed by atoms with van der Waals surface area (Å²) in [7, 11) is 0. The van der Waals surface area contributed by atoms with Gasteiger partial charge in [-0.25, -0.2) is 4.98 Å². The molecule has 0 aliphatic carbocycles. The number of hydrogen-bond donors (Lipinski definition) is 0. The Morgan fingerprint density at radius 3 is 2.92 bits per heavy atom. The van der Waals surface area contributed by atoms with Crippen molar-refractivity contribution >= 4 is 0 Å². The first-order valence-electron chi connectivity index (χ1n) is 4.55. The highest BCUT2D eigenvalue weighted by Crippen LogP contribution is 2.28. The summed E-state index contributed by atoms with van der Waals surface area (Å²) in [6.45, 7) is 6.99. The zero-order valence-corrected chi connectivity index (χ0v) is 8.29. The van der Waals surface area contributed by atoms with E-state index in [4.69, 9.17) is 0 Å². The van der Waals surface area contributed by atoms with Crippen molar-refractivity contribution < 1.29 is 0 Å². The SMILES string of the molecule is Cc1cc(=O)n2c(n1)CC(C)(C)C2. The molecule has 0 unspecified atom stereocenters. The monoisotopic (exact) mass is 178 g/mol. The van der Waals surface area contributed by atoms with E-state index in [1.165, 1.54) is 0 Å². The zero-order chi connectivity index (χ0) is 9.64. The summed E-state index contributed by atoms with van der Waals surface area (Å²) < 4.78 is 1.78. The van der Waals surface area contributed by atoms with Crippen molar-refractivity contribution in [3.05, 3.63) is 27.9 Å². The van der Waals surface area contributed by atoms with E-state index in [0.717, 1.165) is 24.5 Å². The van der Waals surface area contributed by atoms with Gasteiger partial charge in [0.15, 0.2) is 0 Å². The maximum absolute atomic E-state index is 11.5. The fraction of sp³-hybridized carbons (Fsp3) is 0.600. The lowest BCUT2D eigenvalue weighted by molar-refractivity contribution is 0.357. The first kappa shape index (κ1) is 8.48. The largest absolute Gasteiger partial charge is 0.296 e. The van der Waals surface area contributed by atoms with Gasteiger partial charge >= 0.3 is 0 Å². The molecular weight excluding hydrogens is 164 g/mol. The summed E-state index contributed by atoms with van der Waals surface area (Å²) in [5, 5.41) is 0. The van der Waals surface area contributed by atoms with Gasteiger partial charge in [-0.3, -0.25) is 9.36 Å². The molecule has 3 nitrogen and oxygen atoms in total. The summed E-state index contributed by atoms with van der Waals surface area (Å²) >= 11 is 0. The van der Waals surface area contributed by atoms with Crippen LogP contribution in [-0.2, 0) is 13.0 Å². The Labute approximate surface area is 77.4 Å². The highest BCUT2D eigenvalue weighted by molar-refractivity contribution is 5.08. The number of hydrogen-bond acceptors (Lipinski definition) is 2. The van der Waals surface area contributed by atoms with Gasteiger partial charge in [0.2, 0.25) is 0 Å². The van der Waals surface area contributed by atoms with E-state index in [-0.39, 0.29) is 11.0 Å². The minimum absolute atomic E-state index is 0.0908. The lowest BCUT2D eigenvalue weighted by atomic mass is 9.92. The van der Waals surface area contributed by atoms with Crippen molar-refractivity contribution in [2.24, 2.45) is 5.41 Å². The minimum atomic E-state index is 0.0908. The molecule has 0 bridgehead atoms. The van der Waals surface area contributed by atoms with Gasteiger partial charge in [-0.2, -0.15) is 0 Å². The van der Waals surface area contributed by atoms with Gasteiger partial charge < -0.3 is 0 Å². The van der Waals surface area contributed by atoms with Crippen LogP contribution in [0, 0.1) is 12.3 Å². The predicted molar refractivity (Wildman–Crippen MR) is 50.7 cm³/mol. The molecule has 0 N–H and O–H groups in total. The molecule has 0 atom stereocenters. The summed E-state index contributed by atoms with van der Waals surface area (Å²) in [5.74, 6) is 0.940. The number of aryl methyl sites for hydroxylation is 1. The maximum atomic E-state index is 11.5. The smallest absolute Gasteiger partial charge is 0.253 e. The van der Waals surface area contributed by atoms with E-state index in [2.05, 4.69) is 18.8 Å². The third-order valence-corrected chi connectivity index (χ3v) is 2.44. The van der Waals surface area contributed by atoms with E-state index in [1.54, 1.807) is 10.6 Å². The fourth-order valence-electron chi connectivity index (χ4n) is 1.90. The fourth-order valence-corrected chi connectivity index (χ4v) is 1.90. The lowest BCUT2D eigenvalue weighted by Crippen LogP contribution is -2.22. The van der Waals surface area contributed by atoms with Crippen LogP contribution in [0.3, 0.4) is 0 Å². The van der Waals surface area contributed by atoms with Gasteiger partial charge in [-0.05, 0) is 12.3 Å². The highest BCUT2D eigenvalue weighted by atomic mass is 16.1. The molecule has 1 aromatic heterocycles. The first-order chi connectivity index (χ1) is 5.98. The van der Waals surface area contributed by atoms with E-state index >= 15 is 0 Å². The van der Waals surface area contributed by atoms with Crippen LogP contribution in [-0.4, -0.2) is 9.55 Å². The predicted octanol–water partition coefficient (Wildman–Crippen LogP) is 1.13. The van der Waals surface area contributed by atoms with Crippen molar-refractivity contribution in [1.82, 2.24) is 9.55 Å². The molecule has 0 saturated carbocycles. The van der Waals surface area contributed by atoms with Crippen molar-refractivity contribution in [2.45, 2.75) is 33.7 Å². The maximum Gasteiger partial charge on any atom is 0.253 e. The molecule has 0 spiro atoms. The van der Waals surface area contributed by atoms with Gasteiger partial charge in [0.25, 0.3) is 5.56 Å². The van der Waals surface area contributed by atoms with E-state index in [9.17, 15) is 4.79 Å². The van der Waals surface area contributed by atoms with Crippen LogP contribution in [0.15, 0.2) is 10.9 Å². The van der Waals surface area contributed by atoms with Crippen molar-refractivity contribution in [3.8, 4) is 0 Å². The third-order valence-electron chi connectivity index (χ3n) is 2.44. The number of fused-ring (bicyclic) bond motifs is 1. The number of rotatable bonds is 0. The van der Waals surface area contributed by atoms with Crippen molar-refractivity contribution in [1.29, 1.82) is 0 Å². The van der Waals surface area contributed by atoms with Crippen LogP contribution < -0.4 is 5.56 Å². The first-order valence-corrected chi connectivity index (χ1v) is 4.55. The van der Waals surface area contributed by atoms with Gasteiger partial charge in [0, 0.05) is 24.7 Å². The summed E-state index contributed by atoms with van der Waals surface area (Å²) in [6.07, 6.45) is 0.907. The molecule has 1 aliphatic heterocycles. The Bertz CT molecular complexity index is 404.